The van der Waals surface area contributed by atoms with Crippen molar-refractivity contribution in [1.29, 1.82) is 5.26 Å². The summed E-state index contributed by atoms with van der Waals surface area (Å²) < 4.78 is 2.60. The van der Waals surface area contributed by atoms with E-state index < -0.39 is 0 Å². The second-order valence-electron chi connectivity index (χ2n) is 14.4. The number of para-hydroxylation sites is 3. The fourth-order valence-electron chi connectivity index (χ4n) is 9.26. The average molecular weight is 686 g/mol. The lowest BCUT2D eigenvalue weighted by molar-refractivity contribution is 1.25. The molecule has 250 valence electrons. The van der Waals surface area contributed by atoms with Crippen LogP contribution in [-0.4, -0.2) is 11.3 Å². The highest BCUT2D eigenvalue weighted by Gasteiger charge is 2.43. The van der Waals surface area contributed by atoms with Crippen LogP contribution in [0.1, 0.15) is 11.1 Å². The van der Waals surface area contributed by atoms with Crippen molar-refractivity contribution in [3.05, 3.63) is 187 Å². The van der Waals surface area contributed by atoms with Gasteiger partial charge in [-0.25, -0.2) is 0 Å². The molecule has 4 heteroatoms. The van der Waals surface area contributed by atoms with Gasteiger partial charge in [-0.3, -0.25) is 0 Å². The van der Waals surface area contributed by atoms with Crippen LogP contribution in [0, 0.1) is 18.3 Å². The Morgan fingerprint density at radius 3 is 1.93 bits per heavy atom. The van der Waals surface area contributed by atoms with E-state index in [4.69, 9.17) is 0 Å². The van der Waals surface area contributed by atoms with Crippen LogP contribution in [-0.2, 0) is 0 Å². The van der Waals surface area contributed by atoms with Crippen molar-refractivity contribution in [2.24, 2.45) is 0 Å². The van der Waals surface area contributed by atoms with Crippen molar-refractivity contribution in [3.8, 4) is 50.6 Å². The molecule has 0 spiro atoms. The number of benzene rings is 8. The Bertz CT molecular complexity index is 2970. The van der Waals surface area contributed by atoms with E-state index in [1.807, 2.05) is 18.2 Å². The molecule has 0 atom stereocenters. The van der Waals surface area contributed by atoms with E-state index in [-0.39, 0.29) is 6.85 Å². The van der Waals surface area contributed by atoms with Crippen molar-refractivity contribution in [2.75, 3.05) is 4.90 Å². The standard InChI is InChI=1S/C50H32BN3/c1-32-43(36-19-12-14-33(26-36)31-52)30-47-49-48(32)42-22-13-21-41-40-20-8-10-24-45(40)54(50(41)42)51(49)44-23-9-11-25-46(44)53(47)39-28-37(34-15-4-2-5-16-34)27-38(29-39)35-17-6-3-7-18-35/h2-30H,1H3. The molecule has 1 aromatic heterocycles. The molecule has 54 heavy (non-hydrogen) atoms. The van der Waals surface area contributed by atoms with E-state index in [0.29, 0.717) is 5.56 Å². The number of aromatic nitrogens is 1. The zero-order chi connectivity index (χ0) is 35.9. The topological polar surface area (TPSA) is 32.0 Å². The van der Waals surface area contributed by atoms with Gasteiger partial charge in [-0.15, -0.1) is 0 Å². The summed E-state index contributed by atoms with van der Waals surface area (Å²) in [7, 11) is 0. The Morgan fingerprint density at radius 2 is 1.17 bits per heavy atom. The maximum absolute atomic E-state index is 9.97. The number of rotatable bonds is 4. The Kier molecular flexibility index (Phi) is 6.62. The summed E-state index contributed by atoms with van der Waals surface area (Å²) in [6.07, 6.45) is 0. The van der Waals surface area contributed by atoms with Gasteiger partial charge in [0.25, 0.3) is 0 Å². The third kappa shape index (κ3) is 4.36. The summed E-state index contributed by atoms with van der Waals surface area (Å²) in [6.45, 7) is 2.23. The summed E-state index contributed by atoms with van der Waals surface area (Å²) in [5.74, 6) is 0. The van der Waals surface area contributed by atoms with Crippen LogP contribution in [0.4, 0.5) is 17.1 Å². The van der Waals surface area contributed by atoms with Gasteiger partial charge in [0.2, 0.25) is 0 Å². The first-order chi connectivity index (χ1) is 26.7. The zero-order valence-electron chi connectivity index (χ0n) is 29.7. The maximum Gasteiger partial charge on any atom is 0.333 e. The molecule has 0 unspecified atom stereocenters. The van der Waals surface area contributed by atoms with Gasteiger partial charge < -0.3 is 9.38 Å². The largest absolute Gasteiger partial charge is 0.375 e. The van der Waals surface area contributed by atoms with Gasteiger partial charge in [0.15, 0.2) is 0 Å². The van der Waals surface area contributed by atoms with Crippen molar-refractivity contribution >= 4 is 56.6 Å². The van der Waals surface area contributed by atoms with Gasteiger partial charge in [-0.1, -0.05) is 127 Å². The minimum absolute atomic E-state index is 0.0381. The first-order valence-electron chi connectivity index (χ1n) is 18.5. The molecule has 0 amide bonds. The molecular weight excluding hydrogens is 653 g/mol. The summed E-state index contributed by atoms with van der Waals surface area (Å²) in [5, 5.41) is 12.5. The van der Waals surface area contributed by atoms with Crippen LogP contribution in [0.25, 0.3) is 66.3 Å². The predicted molar refractivity (Wildman–Crippen MR) is 226 cm³/mol. The predicted octanol–water partition coefficient (Wildman–Crippen LogP) is 11.4. The second-order valence-corrected chi connectivity index (χ2v) is 14.4. The van der Waals surface area contributed by atoms with E-state index in [0.717, 1.165) is 39.3 Å². The van der Waals surface area contributed by atoms with Crippen molar-refractivity contribution in [1.82, 2.24) is 4.48 Å². The highest BCUT2D eigenvalue weighted by Crippen LogP contribution is 2.49. The van der Waals surface area contributed by atoms with Crippen LogP contribution in [0.3, 0.4) is 0 Å². The quantitative estimate of drug-likeness (QED) is 0.173. The smallest absolute Gasteiger partial charge is 0.333 e. The number of fused-ring (bicyclic) bond motifs is 7. The van der Waals surface area contributed by atoms with Crippen LogP contribution in [0.2, 0.25) is 0 Å². The Morgan fingerprint density at radius 1 is 0.519 bits per heavy atom. The summed E-state index contributed by atoms with van der Waals surface area (Å²) in [6, 6.07) is 65.9. The molecule has 11 rings (SSSR count). The molecule has 3 nitrogen and oxygen atoms in total. The van der Waals surface area contributed by atoms with E-state index in [2.05, 4.69) is 180 Å². The lowest BCUT2D eigenvalue weighted by Gasteiger charge is -2.41. The number of hydrogen-bond donors (Lipinski definition) is 0. The minimum Gasteiger partial charge on any atom is -0.375 e. The molecule has 8 aromatic carbocycles. The molecule has 0 N–H and O–H groups in total. The lowest BCUT2D eigenvalue weighted by atomic mass is 9.44. The molecule has 2 aliphatic heterocycles. The van der Waals surface area contributed by atoms with Crippen LogP contribution < -0.4 is 15.8 Å². The first-order valence-corrected chi connectivity index (χ1v) is 18.5. The van der Waals surface area contributed by atoms with Gasteiger partial charge in [-0.2, -0.15) is 5.26 Å². The minimum atomic E-state index is -0.0381. The molecule has 0 radical (unpaired) electrons. The van der Waals surface area contributed by atoms with Crippen molar-refractivity contribution in [2.45, 2.75) is 6.92 Å². The van der Waals surface area contributed by atoms with E-state index in [1.54, 1.807) is 0 Å². The number of anilines is 3. The van der Waals surface area contributed by atoms with Crippen LogP contribution >= 0.6 is 0 Å². The monoisotopic (exact) mass is 685 g/mol. The Labute approximate surface area is 314 Å². The third-order valence-corrected chi connectivity index (χ3v) is 11.5. The van der Waals surface area contributed by atoms with E-state index >= 15 is 0 Å². The van der Waals surface area contributed by atoms with Crippen LogP contribution in [0.15, 0.2) is 176 Å². The van der Waals surface area contributed by atoms with Gasteiger partial charge in [0, 0.05) is 44.4 Å². The highest BCUT2D eigenvalue weighted by atomic mass is 15.2. The van der Waals surface area contributed by atoms with Gasteiger partial charge >= 0.3 is 6.85 Å². The molecule has 0 aliphatic carbocycles. The lowest BCUT2D eigenvalue weighted by Crippen LogP contribution is -2.56. The maximum atomic E-state index is 9.97. The molecule has 0 fully saturated rings. The van der Waals surface area contributed by atoms with Gasteiger partial charge in [0.1, 0.15) is 0 Å². The normalized spacial score (nSPS) is 12.4. The van der Waals surface area contributed by atoms with Gasteiger partial charge in [0.05, 0.1) is 11.6 Å². The second kappa shape index (κ2) is 11.7. The summed E-state index contributed by atoms with van der Waals surface area (Å²) >= 11 is 0. The van der Waals surface area contributed by atoms with Crippen molar-refractivity contribution < 1.29 is 0 Å². The number of nitrogens with zero attached hydrogens (tertiary/aromatic N) is 3. The molecule has 0 bridgehead atoms. The van der Waals surface area contributed by atoms with E-state index in [9.17, 15) is 5.26 Å². The van der Waals surface area contributed by atoms with Crippen molar-refractivity contribution in [3.63, 3.8) is 0 Å². The fourth-order valence-corrected chi connectivity index (χ4v) is 9.26. The van der Waals surface area contributed by atoms with Gasteiger partial charge in [-0.05, 0) is 111 Å². The molecule has 3 heterocycles. The highest BCUT2D eigenvalue weighted by molar-refractivity contribution is 6.90. The molecule has 9 aromatic rings. The molecule has 0 saturated heterocycles. The third-order valence-electron chi connectivity index (χ3n) is 11.5. The summed E-state index contributed by atoms with van der Waals surface area (Å²) in [5.41, 5.74) is 19.8. The first kappa shape index (κ1) is 30.5. The number of nitriles is 1. The Hall–Kier alpha value is -7.09. The Balaban J connectivity index is 1.29. The number of hydrogen-bond acceptors (Lipinski definition) is 2. The fraction of sp³-hybridized carbons (Fsp3) is 0.0200. The zero-order valence-corrected chi connectivity index (χ0v) is 29.7. The molecule has 2 aliphatic rings. The summed E-state index contributed by atoms with van der Waals surface area (Å²) in [4.78, 5) is 2.50. The molecular formula is C50H32BN3. The van der Waals surface area contributed by atoms with Crippen LogP contribution in [0.5, 0.6) is 0 Å². The van der Waals surface area contributed by atoms with E-state index in [1.165, 1.54) is 60.5 Å². The molecule has 0 saturated carbocycles. The SMILES string of the molecule is Cc1c(-c2cccc(C#N)c2)cc2c3c1-c1cccc4c5ccccc5n(c14)B3c1ccccc1N2c1cc(-c2ccccc2)cc(-c2ccccc2)c1. The average Bonchev–Trinajstić information content (AvgIpc) is 3.58.